The number of esters is 1. The second kappa shape index (κ2) is 14.6. The second-order valence-electron chi connectivity index (χ2n) is 7.05. The fraction of sp³-hybridized carbons (Fsp3) is 0.750. The number of halogens is 1. The zero-order valence-electron chi connectivity index (χ0n) is 17.9. The number of nitrogens with one attached hydrogen (secondary N) is 1. The van der Waals surface area contributed by atoms with Gasteiger partial charge in [-0.15, -0.1) is 24.0 Å². The van der Waals surface area contributed by atoms with Gasteiger partial charge in [0.15, 0.2) is 5.96 Å². The van der Waals surface area contributed by atoms with Crippen molar-refractivity contribution >= 4 is 35.9 Å². The lowest BCUT2D eigenvalue weighted by molar-refractivity contribution is -0.143. The van der Waals surface area contributed by atoms with E-state index in [0.29, 0.717) is 19.6 Å². The van der Waals surface area contributed by atoms with E-state index in [4.69, 9.17) is 9.47 Å². The molecule has 1 atom stereocenters. The molecule has 1 saturated heterocycles. The van der Waals surface area contributed by atoms with Crippen molar-refractivity contribution in [2.75, 3.05) is 39.9 Å². The van der Waals surface area contributed by atoms with Crippen molar-refractivity contribution in [3.8, 4) is 0 Å². The number of unbranched alkanes of at least 4 members (excludes halogenated alkanes) is 4. The first-order valence-electron chi connectivity index (χ1n) is 10.4. The Morgan fingerprint density at radius 1 is 1.34 bits per heavy atom. The summed E-state index contributed by atoms with van der Waals surface area (Å²) in [5.41, 5.74) is 1.10. The van der Waals surface area contributed by atoms with E-state index < -0.39 is 0 Å². The number of aliphatic imine (C=N–C) groups is 1. The highest BCUT2D eigenvalue weighted by Crippen LogP contribution is 2.21. The van der Waals surface area contributed by atoms with E-state index in [9.17, 15) is 4.79 Å². The monoisotopic (exact) mass is 521 g/mol. The minimum atomic E-state index is -0.0805. The molecule has 1 unspecified atom stereocenters. The minimum Gasteiger partial charge on any atom is -0.466 e. The fourth-order valence-electron chi connectivity index (χ4n) is 3.34. The summed E-state index contributed by atoms with van der Waals surface area (Å²) in [7, 11) is 3.74. The molecule has 9 heteroatoms. The summed E-state index contributed by atoms with van der Waals surface area (Å²) in [6.07, 6.45) is 9.80. The molecule has 0 radical (unpaired) electrons. The van der Waals surface area contributed by atoms with Gasteiger partial charge in [0.25, 0.3) is 0 Å². The lowest BCUT2D eigenvalue weighted by Gasteiger charge is -2.34. The number of ether oxygens (including phenoxy) is 2. The van der Waals surface area contributed by atoms with Crippen LogP contribution >= 0.6 is 24.0 Å². The molecule has 0 spiro atoms. The number of aromatic nitrogens is 2. The molecule has 166 valence electrons. The van der Waals surface area contributed by atoms with Crippen molar-refractivity contribution in [3.63, 3.8) is 0 Å². The van der Waals surface area contributed by atoms with Gasteiger partial charge >= 0.3 is 5.97 Å². The van der Waals surface area contributed by atoms with E-state index in [1.54, 1.807) is 4.68 Å². The molecule has 0 bridgehead atoms. The number of carbonyl (C=O) groups excluding carboxylic acids is 1. The van der Waals surface area contributed by atoms with E-state index in [1.165, 1.54) is 0 Å². The number of hydrogen-bond acceptors (Lipinski definition) is 5. The van der Waals surface area contributed by atoms with Gasteiger partial charge in [-0.1, -0.05) is 19.3 Å². The van der Waals surface area contributed by atoms with Crippen LogP contribution in [-0.4, -0.2) is 66.5 Å². The zero-order chi connectivity index (χ0) is 20.2. The summed E-state index contributed by atoms with van der Waals surface area (Å²) in [4.78, 5) is 18.0. The zero-order valence-corrected chi connectivity index (χ0v) is 20.3. The predicted molar refractivity (Wildman–Crippen MR) is 125 cm³/mol. The van der Waals surface area contributed by atoms with Crippen molar-refractivity contribution in [3.05, 3.63) is 18.0 Å². The Morgan fingerprint density at radius 2 is 2.10 bits per heavy atom. The van der Waals surface area contributed by atoms with Gasteiger partial charge in [0.2, 0.25) is 0 Å². The van der Waals surface area contributed by atoms with Crippen molar-refractivity contribution in [2.24, 2.45) is 12.0 Å². The smallest absolute Gasteiger partial charge is 0.305 e. The van der Waals surface area contributed by atoms with Crippen LogP contribution < -0.4 is 5.32 Å². The van der Waals surface area contributed by atoms with Gasteiger partial charge in [-0.05, 0) is 19.8 Å². The van der Waals surface area contributed by atoms with Crippen LogP contribution in [0, 0.1) is 0 Å². The third-order valence-corrected chi connectivity index (χ3v) is 4.82. The largest absolute Gasteiger partial charge is 0.466 e. The molecule has 0 aromatic carbocycles. The lowest BCUT2D eigenvalue weighted by atomic mass is 10.1. The van der Waals surface area contributed by atoms with E-state index in [1.807, 2.05) is 33.4 Å². The molecule has 2 heterocycles. The highest BCUT2D eigenvalue weighted by Gasteiger charge is 2.24. The molecule has 0 saturated carbocycles. The van der Waals surface area contributed by atoms with Gasteiger partial charge in [-0.3, -0.25) is 14.5 Å². The molecule has 0 aliphatic carbocycles. The van der Waals surface area contributed by atoms with Gasteiger partial charge in [0.05, 0.1) is 26.0 Å². The number of morpholine rings is 1. The Bertz CT molecular complexity index is 623. The number of carbonyl (C=O) groups is 1. The summed E-state index contributed by atoms with van der Waals surface area (Å²) in [5, 5.41) is 7.71. The van der Waals surface area contributed by atoms with E-state index in [0.717, 1.165) is 63.3 Å². The average Bonchev–Trinajstić information content (AvgIpc) is 3.13. The standard InChI is InChI=1S/C20H35N5O3.HI/c1-4-27-19(26)10-8-6-5-7-9-11-22-20(21-2)25-12-13-28-18(16-25)17-14-23-24(3)15-17;/h14-15,18H,4-13,16H2,1-3H3,(H,21,22);1H. The van der Waals surface area contributed by atoms with Crippen molar-refractivity contribution in [2.45, 2.75) is 51.6 Å². The summed E-state index contributed by atoms with van der Waals surface area (Å²) in [6.45, 7) is 5.51. The van der Waals surface area contributed by atoms with Gasteiger partial charge in [0, 0.05) is 45.4 Å². The highest BCUT2D eigenvalue weighted by molar-refractivity contribution is 14.0. The maximum Gasteiger partial charge on any atom is 0.305 e. The Balaban J connectivity index is 0.00000420. The van der Waals surface area contributed by atoms with Crippen LogP contribution in [0.3, 0.4) is 0 Å². The number of nitrogens with zero attached hydrogens (tertiary/aromatic N) is 4. The van der Waals surface area contributed by atoms with Crippen LogP contribution in [0.15, 0.2) is 17.4 Å². The van der Waals surface area contributed by atoms with Gasteiger partial charge in [-0.25, -0.2) is 0 Å². The second-order valence-corrected chi connectivity index (χ2v) is 7.05. The summed E-state index contributed by atoms with van der Waals surface area (Å²) in [6, 6.07) is 0. The van der Waals surface area contributed by atoms with Crippen molar-refractivity contribution in [1.82, 2.24) is 20.0 Å². The molecule has 1 aromatic rings. The third-order valence-electron chi connectivity index (χ3n) is 4.82. The number of rotatable bonds is 10. The van der Waals surface area contributed by atoms with Crippen molar-refractivity contribution < 1.29 is 14.3 Å². The van der Waals surface area contributed by atoms with Crippen LogP contribution in [0.25, 0.3) is 0 Å². The number of hydrogen-bond donors (Lipinski definition) is 1. The quantitative estimate of drug-likeness (QED) is 0.168. The van der Waals surface area contributed by atoms with Crippen LogP contribution in [0.5, 0.6) is 0 Å². The maximum atomic E-state index is 11.3. The summed E-state index contributed by atoms with van der Waals surface area (Å²) >= 11 is 0. The first kappa shape index (κ1) is 25.7. The Hall–Kier alpha value is -1.36. The fourth-order valence-corrected chi connectivity index (χ4v) is 3.34. The molecular weight excluding hydrogens is 485 g/mol. The van der Waals surface area contributed by atoms with Crippen molar-refractivity contribution in [1.29, 1.82) is 0 Å². The lowest BCUT2D eigenvalue weighted by Crippen LogP contribution is -2.48. The van der Waals surface area contributed by atoms with Crippen LogP contribution in [-0.2, 0) is 21.3 Å². The number of aryl methyl sites for hydroxylation is 1. The normalized spacial score (nSPS) is 17.0. The summed E-state index contributed by atoms with van der Waals surface area (Å²) in [5.74, 6) is 0.850. The van der Waals surface area contributed by atoms with Gasteiger partial charge in [0.1, 0.15) is 6.10 Å². The number of guanidine groups is 1. The minimum absolute atomic E-state index is 0. The highest BCUT2D eigenvalue weighted by atomic mass is 127. The van der Waals surface area contributed by atoms with Gasteiger partial charge < -0.3 is 19.7 Å². The first-order valence-corrected chi connectivity index (χ1v) is 10.4. The maximum absolute atomic E-state index is 11.3. The average molecular weight is 521 g/mol. The Kier molecular flexibility index (Phi) is 12.9. The SMILES string of the molecule is CCOC(=O)CCCCCCCNC(=NC)N1CCOC(c2cnn(C)c2)C1.I. The first-order chi connectivity index (χ1) is 13.6. The molecule has 1 N–H and O–H groups in total. The third kappa shape index (κ3) is 9.33. The van der Waals surface area contributed by atoms with Crippen LogP contribution in [0.4, 0.5) is 0 Å². The molecule has 0 amide bonds. The Labute approximate surface area is 191 Å². The van der Waals surface area contributed by atoms with Crippen LogP contribution in [0.1, 0.15) is 57.1 Å². The molecule has 29 heavy (non-hydrogen) atoms. The van der Waals surface area contributed by atoms with Crippen LogP contribution in [0.2, 0.25) is 0 Å². The molecule has 1 aliphatic rings. The molecular formula is C20H36IN5O3. The van der Waals surface area contributed by atoms with E-state index in [2.05, 4.69) is 20.3 Å². The molecule has 1 aliphatic heterocycles. The molecule has 8 nitrogen and oxygen atoms in total. The molecule has 1 fully saturated rings. The topological polar surface area (TPSA) is 81.0 Å². The van der Waals surface area contributed by atoms with E-state index >= 15 is 0 Å². The Morgan fingerprint density at radius 3 is 2.79 bits per heavy atom. The predicted octanol–water partition coefficient (Wildman–Crippen LogP) is 2.89. The van der Waals surface area contributed by atoms with E-state index in [-0.39, 0.29) is 36.0 Å². The summed E-state index contributed by atoms with van der Waals surface area (Å²) < 4.78 is 12.6. The van der Waals surface area contributed by atoms with Gasteiger partial charge in [-0.2, -0.15) is 5.10 Å². The molecule has 2 rings (SSSR count). The molecule has 1 aromatic heterocycles.